The van der Waals surface area contributed by atoms with Gasteiger partial charge in [0.1, 0.15) is 0 Å². The normalized spacial score (nSPS) is 24.4. The molecule has 1 aliphatic heterocycles. The number of aliphatic imine (C=N–C) groups is 1. The van der Waals surface area contributed by atoms with Gasteiger partial charge in [0.2, 0.25) is 0 Å². The third kappa shape index (κ3) is 0.969. The summed E-state index contributed by atoms with van der Waals surface area (Å²) >= 11 is 0. The largest absolute Gasteiger partial charge is 0.273 e. The molecular formula is C12H11NO. The summed E-state index contributed by atoms with van der Waals surface area (Å²) in [5.74, 6) is -0.00148. The highest BCUT2D eigenvalue weighted by Crippen LogP contribution is 2.35. The van der Waals surface area contributed by atoms with Crippen molar-refractivity contribution in [2.75, 3.05) is 0 Å². The van der Waals surface area contributed by atoms with Crippen LogP contribution in [0.5, 0.6) is 0 Å². The Morgan fingerprint density at radius 2 is 1.93 bits per heavy atom. The molecule has 0 saturated heterocycles. The molecule has 14 heavy (non-hydrogen) atoms. The minimum absolute atomic E-state index is 0.00148. The smallest absolute Gasteiger partial charge is 0.267 e. The Morgan fingerprint density at radius 3 is 2.79 bits per heavy atom. The predicted molar refractivity (Wildman–Crippen MR) is 55.2 cm³/mol. The summed E-state index contributed by atoms with van der Waals surface area (Å²) in [7, 11) is 0. The van der Waals surface area contributed by atoms with Crippen molar-refractivity contribution in [3.05, 3.63) is 34.9 Å². The van der Waals surface area contributed by atoms with E-state index in [0.29, 0.717) is 0 Å². The van der Waals surface area contributed by atoms with Crippen LogP contribution in [0.15, 0.2) is 39.9 Å². The second kappa shape index (κ2) is 2.77. The molecule has 0 aromatic carbocycles. The lowest BCUT2D eigenvalue weighted by Crippen LogP contribution is -2.18. The summed E-state index contributed by atoms with van der Waals surface area (Å²) in [6.45, 7) is 0. The minimum atomic E-state index is -0.00148. The molecule has 2 heteroatoms. The minimum Gasteiger partial charge on any atom is -0.267 e. The molecule has 0 aromatic heterocycles. The van der Waals surface area contributed by atoms with Crippen molar-refractivity contribution in [1.82, 2.24) is 0 Å². The molecule has 2 aliphatic carbocycles. The monoisotopic (exact) mass is 185 g/mol. The van der Waals surface area contributed by atoms with Crippen LogP contribution >= 0.6 is 0 Å². The van der Waals surface area contributed by atoms with Crippen molar-refractivity contribution >= 4 is 11.6 Å². The van der Waals surface area contributed by atoms with Crippen molar-refractivity contribution in [3.8, 4) is 0 Å². The number of amides is 1. The van der Waals surface area contributed by atoms with Crippen molar-refractivity contribution in [3.63, 3.8) is 0 Å². The van der Waals surface area contributed by atoms with E-state index in [4.69, 9.17) is 0 Å². The van der Waals surface area contributed by atoms with Crippen molar-refractivity contribution in [2.45, 2.75) is 25.7 Å². The molecule has 0 spiro atoms. The number of allylic oxidation sites excluding steroid dienone is 5. The average Bonchev–Trinajstić information content (AvgIpc) is 2.66. The summed E-state index contributed by atoms with van der Waals surface area (Å²) in [5, 5.41) is 0. The molecule has 0 atom stereocenters. The number of carbonyl (C=O) groups excluding carboxylic acids is 1. The SMILES string of the molecule is O=C1N=C2C=CC=C2C2=C1CCCC2. The molecule has 0 unspecified atom stereocenters. The number of fused-ring (bicyclic) bond motifs is 2. The van der Waals surface area contributed by atoms with E-state index in [-0.39, 0.29) is 5.91 Å². The Labute approximate surface area is 82.7 Å². The molecule has 0 bridgehead atoms. The van der Waals surface area contributed by atoms with Crippen LogP contribution in [0.1, 0.15) is 25.7 Å². The van der Waals surface area contributed by atoms with Crippen LogP contribution in [-0.4, -0.2) is 11.6 Å². The van der Waals surface area contributed by atoms with Crippen LogP contribution in [0.25, 0.3) is 0 Å². The first-order chi connectivity index (χ1) is 6.86. The van der Waals surface area contributed by atoms with Gasteiger partial charge in [0, 0.05) is 11.1 Å². The van der Waals surface area contributed by atoms with Gasteiger partial charge in [0.05, 0.1) is 5.71 Å². The second-order valence-electron chi connectivity index (χ2n) is 3.91. The molecule has 3 aliphatic rings. The quantitative estimate of drug-likeness (QED) is 0.569. The van der Waals surface area contributed by atoms with Crippen molar-refractivity contribution in [1.29, 1.82) is 0 Å². The van der Waals surface area contributed by atoms with Gasteiger partial charge in [-0.05, 0) is 37.3 Å². The lowest BCUT2D eigenvalue weighted by molar-refractivity contribution is -0.114. The summed E-state index contributed by atoms with van der Waals surface area (Å²) in [6.07, 6.45) is 10.3. The number of hydrogen-bond donors (Lipinski definition) is 0. The number of hydrogen-bond acceptors (Lipinski definition) is 1. The van der Waals surface area contributed by atoms with Crippen LogP contribution in [0, 0.1) is 0 Å². The zero-order chi connectivity index (χ0) is 9.54. The Kier molecular flexibility index (Phi) is 1.57. The van der Waals surface area contributed by atoms with Crippen LogP contribution in [-0.2, 0) is 4.79 Å². The molecule has 2 nitrogen and oxygen atoms in total. The first-order valence-corrected chi connectivity index (χ1v) is 5.10. The maximum absolute atomic E-state index is 11.7. The molecule has 0 saturated carbocycles. The van der Waals surface area contributed by atoms with Crippen molar-refractivity contribution < 1.29 is 4.79 Å². The first kappa shape index (κ1) is 7.92. The van der Waals surface area contributed by atoms with Crippen LogP contribution in [0.2, 0.25) is 0 Å². The highest BCUT2D eigenvalue weighted by Gasteiger charge is 2.28. The molecule has 0 aromatic rings. The van der Waals surface area contributed by atoms with Gasteiger partial charge in [0.25, 0.3) is 5.91 Å². The standard InChI is InChI=1S/C12H11NO/c14-12-10-5-2-1-4-8(10)9-6-3-7-11(9)13-12/h3,6-7H,1-2,4-5H2. The van der Waals surface area contributed by atoms with Crippen LogP contribution < -0.4 is 0 Å². The lowest BCUT2D eigenvalue weighted by Gasteiger charge is -2.23. The third-order valence-electron chi connectivity index (χ3n) is 3.07. The maximum Gasteiger partial charge on any atom is 0.273 e. The van der Waals surface area contributed by atoms with Gasteiger partial charge in [-0.1, -0.05) is 12.2 Å². The maximum atomic E-state index is 11.7. The summed E-state index contributed by atoms with van der Waals surface area (Å²) in [5.41, 5.74) is 4.29. The molecule has 1 amide bonds. The van der Waals surface area contributed by atoms with E-state index in [1.165, 1.54) is 17.6 Å². The molecule has 3 rings (SSSR count). The summed E-state index contributed by atoms with van der Waals surface area (Å²) in [4.78, 5) is 15.8. The zero-order valence-electron chi connectivity index (χ0n) is 7.92. The number of carbonyl (C=O) groups is 1. The van der Waals surface area contributed by atoms with Gasteiger partial charge in [-0.25, -0.2) is 4.99 Å². The first-order valence-electron chi connectivity index (χ1n) is 5.10. The van der Waals surface area contributed by atoms with E-state index in [1.807, 2.05) is 12.2 Å². The number of dihydropyridines is 1. The van der Waals surface area contributed by atoms with Crippen LogP contribution in [0.4, 0.5) is 0 Å². The number of nitrogens with zero attached hydrogens (tertiary/aromatic N) is 1. The highest BCUT2D eigenvalue weighted by atomic mass is 16.1. The summed E-state index contributed by atoms with van der Waals surface area (Å²) in [6, 6.07) is 0. The van der Waals surface area contributed by atoms with Crippen molar-refractivity contribution in [2.24, 2.45) is 4.99 Å². The molecule has 0 fully saturated rings. The zero-order valence-corrected chi connectivity index (χ0v) is 7.92. The highest BCUT2D eigenvalue weighted by molar-refractivity contribution is 6.23. The fraction of sp³-hybridized carbons (Fsp3) is 0.333. The van der Waals surface area contributed by atoms with E-state index in [2.05, 4.69) is 11.1 Å². The molecule has 0 N–H and O–H groups in total. The molecule has 70 valence electrons. The molecule has 0 radical (unpaired) electrons. The summed E-state index contributed by atoms with van der Waals surface area (Å²) < 4.78 is 0. The van der Waals surface area contributed by atoms with Gasteiger partial charge >= 0.3 is 0 Å². The lowest BCUT2D eigenvalue weighted by atomic mass is 9.84. The Bertz CT molecular complexity index is 435. The topological polar surface area (TPSA) is 29.4 Å². The molecular weight excluding hydrogens is 174 g/mol. The van der Waals surface area contributed by atoms with Gasteiger partial charge in [-0.2, -0.15) is 0 Å². The average molecular weight is 185 g/mol. The van der Waals surface area contributed by atoms with Gasteiger partial charge in [-0.15, -0.1) is 0 Å². The van der Waals surface area contributed by atoms with Crippen LogP contribution in [0.3, 0.4) is 0 Å². The van der Waals surface area contributed by atoms with E-state index < -0.39 is 0 Å². The Morgan fingerprint density at radius 1 is 1.14 bits per heavy atom. The van der Waals surface area contributed by atoms with Gasteiger partial charge in [-0.3, -0.25) is 4.79 Å². The Balaban J connectivity index is 2.15. The molecule has 1 heterocycles. The fourth-order valence-electron chi connectivity index (χ4n) is 2.38. The predicted octanol–water partition coefficient (Wildman–Crippen LogP) is 2.33. The van der Waals surface area contributed by atoms with Gasteiger partial charge in [0.15, 0.2) is 0 Å². The number of rotatable bonds is 0. The van der Waals surface area contributed by atoms with E-state index >= 15 is 0 Å². The fourth-order valence-corrected chi connectivity index (χ4v) is 2.38. The van der Waals surface area contributed by atoms with E-state index in [0.717, 1.165) is 30.5 Å². The Hall–Kier alpha value is -1.44. The van der Waals surface area contributed by atoms with Gasteiger partial charge < -0.3 is 0 Å². The third-order valence-corrected chi connectivity index (χ3v) is 3.07. The van der Waals surface area contributed by atoms with E-state index in [1.54, 1.807) is 0 Å². The second-order valence-corrected chi connectivity index (χ2v) is 3.91. The van der Waals surface area contributed by atoms with E-state index in [9.17, 15) is 4.79 Å².